The van der Waals surface area contributed by atoms with Crippen LogP contribution in [0.2, 0.25) is 0 Å². The molecular formula is C51H36BN3. The first-order valence-electron chi connectivity index (χ1n) is 18.5. The number of para-hydroxylation sites is 2. The number of aromatic nitrogens is 1. The van der Waals surface area contributed by atoms with Gasteiger partial charge >= 0.3 is 0 Å². The van der Waals surface area contributed by atoms with Gasteiger partial charge in [-0.25, -0.2) is 4.99 Å². The zero-order valence-corrected chi connectivity index (χ0v) is 30.2. The van der Waals surface area contributed by atoms with E-state index >= 15 is 0 Å². The lowest BCUT2D eigenvalue weighted by atomic mass is 9.90. The zero-order valence-electron chi connectivity index (χ0n) is 30.2. The predicted octanol–water partition coefficient (Wildman–Crippen LogP) is 12.6. The molecule has 7 aromatic carbocycles. The second-order valence-electron chi connectivity index (χ2n) is 13.5. The van der Waals surface area contributed by atoms with E-state index in [0.29, 0.717) is 0 Å². The Bertz CT molecular complexity index is 2610. The van der Waals surface area contributed by atoms with Crippen molar-refractivity contribution in [2.45, 2.75) is 0 Å². The van der Waals surface area contributed by atoms with E-state index in [0.717, 1.165) is 84.4 Å². The first-order valence-corrected chi connectivity index (χ1v) is 18.5. The van der Waals surface area contributed by atoms with Gasteiger partial charge in [0.25, 0.3) is 0 Å². The molecule has 0 aliphatic carbocycles. The Morgan fingerprint density at radius 2 is 0.891 bits per heavy atom. The van der Waals surface area contributed by atoms with Crippen LogP contribution < -0.4 is 4.90 Å². The summed E-state index contributed by atoms with van der Waals surface area (Å²) in [5.41, 5.74) is 15.0. The van der Waals surface area contributed by atoms with Gasteiger partial charge in [-0.1, -0.05) is 170 Å². The Morgan fingerprint density at radius 3 is 1.42 bits per heavy atom. The summed E-state index contributed by atoms with van der Waals surface area (Å²) < 4.78 is 1.85. The van der Waals surface area contributed by atoms with Gasteiger partial charge < -0.3 is 9.38 Å². The maximum Gasteiger partial charge on any atom is 0.234 e. The van der Waals surface area contributed by atoms with Crippen molar-refractivity contribution in [3.63, 3.8) is 0 Å². The minimum atomic E-state index is 0.863. The molecule has 9 rings (SSSR count). The van der Waals surface area contributed by atoms with Crippen molar-refractivity contribution in [2.75, 3.05) is 4.90 Å². The third-order valence-corrected chi connectivity index (χ3v) is 10.0. The molecule has 0 amide bonds. The SMILES string of the molecule is [B]n1c(-c2ccccc2)cc(-c2ccccc2)c1/C(=C1\N=C(c2ccccc2)C=C1c1ccccc1)c1ccc(N(c2ccccc2)c2ccccc2)cc1. The second-order valence-corrected chi connectivity index (χ2v) is 13.5. The van der Waals surface area contributed by atoms with E-state index in [1.807, 2.05) is 34.8 Å². The fourth-order valence-corrected chi connectivity index (χ4v) is 7.42. The summed E-state index contributed by atoms with van der Waals surface area (Å²) in [6.07, 6.45) is 2.21. The fourth-order valence-electron chi connectivity index (χ4n) is 7.42. The number of hydrogen-bond donors (Lipinski definition) is 0. The molecule has 258 valence electrons. The van der Waals surface area contributed by atoms with Crippen molar-refractivity contribution in [2.24, 2.45) is 4.99 Å². The van der Waals surface area contributed by atoms with Gasteiger partial charge in [0.15, 0.2) is 0 Å². The van der Waals surface area contributed by atoms with Gasteiger partial charge in [0.05, 0.1) is 11.4 Å². The average molecular weight is 702 g/mol. The number of benzene rings is 7. The van der Waals surface area contributed by atoms with E-state index in [1.54, 1.807) is 0 Å². The van der Waals surface area contributed by atoms with Gasteiger partial charge in [-0.05, 0) is 70.8 Å². The van der Waals surface area contributed by atoms with Crippen molar-refractivity contribution >= 4 is 41.9 Å². The van der Waals surface area contributed by atoms with E-state index in [1.165, 1.54) is 0 Å². The summed E-state index contributed by atoms with van der Waals surface area (Å²) >= 11 is 0. The average Bonchev–Trinajstić information content (AvgIpc) is 3.86. The number of allylic oxidation sites excluding steroid dienone is 2. The third kappa shape index (κ3) is 6.67. The number of anilines is 3. The van der Waals surface area contributed by atoms with Crippen molar-refractivity contribution in [1.82, 2.24) is 4.48 Å². The number of hydrogen-bond acceptors (Lipinski definition) is 2. The largest absolute Gasteiger partial charge is 0.396 e. The summed E-state index contributed by atoms with van der Waals surface area (Å²) in [4.78, 5) is 7.78. The molecule has 0 saturated carbocycles. The van der Waals surface area contributed by atoms with Crippen LogP contribution in [0.4, 0.5) is 17.1 Å². The smallest absolute Gasteiger partial charge is 0.234 e. The maximum atomic E-state index is 7.35. The number of aliphatic imine (C=N–C) groups is 1. The molecule has 2 heterocycles. The first-order chi connectivity index (χ1) is 27.2. The topological polar surface area (TPSA) is 20.5 Å². The van der Waals surface area contributed by atoms with Crippen LogP contribution >= 0.6 is 0 Å². The van der Waals surface area contributed by atoms with Gasteiger partial charge in [-0.3, -0.25) is 0 Å². The Morgan fingerprint density at radius 1 is 0.455 bits per heavy atom. The minimum absolute atomic E-state index is 0.863. The van der Waals surface area contributed by atoms with Crippen LogP contribution in [0.15, 0.2) is 229 Å². The van der Waals surface area contributed by atoms with Crippen molar-refractivity contribution in [1.29, 1.82) is 0 Å². The standard InChI is InChI=1S/C51H36BN3/c52-55-48(40-25-13-4-14-26-40)36-46(38-21-9-2-10-22-38)51(55)49(50-45(37-19-7-1-8-20-37)35-47(53-50)39-23-11-3-12-24-39)41-31-33-44(34-32-41)54(42-27-15-5-16-28-42)43-29-17-6-18-30-43/h1-36H/b50-49-. The highest BCUT2D eigenvalue weighted by atomic mass is 15.1. The molecule has 1 aliphatic rings. The maximum absolute atomic E-state index is 7.35. The van der Waals surface area contributed by atoms with Crippen LogP contribution in [0, 0.1) is 0 Å². The quantitative estimate of drug-likeness (QED) is 0.137. The number of nitrogens with zero attached hydrogens (tertiary/aromatic N) is 3. The molecule has 0 N–H and O–H groups in total. The van der Waals surface area contributed by atoms with Crippen LogP contribution in [0.1, 0.15) is 22.4 Å². The second kappa shape index (κ2) is 15.1. The van der Waals surface area contributed by atoms with E-state index in [-0.39, 0.29) is 0 Å². The lowest BCUT2D eigenvalue weighted by molar-refractivity contribution is 1.21. The number of rotatable bonds is 9. The highest BCUT2D eigenvalue weighted by Crippen LogP contribution is 2.45. The zero-order chi connectivity index (χ0) is 37.0. The van der Waals surface area contributed by atoms with Gasteiger partial charge in [0, 0.05) is 50.7 Å². The van der Waals surface area contributed by atoms with E-state index in [2.05, 4.69) is 193 Å². The van der Waals surface area contributed by atoms with E-state index in [9.17, 15) is 0 Å². The Hall–Kier alpha value is -7.17. The fraction of sp³-hybridized carbons (Fsp3) is 0. The molecule has 0 fully saturated rings. The summed E-state index contributed by atoms with van der Waals surface area (Å²) in [5.74, 6) is 0. The van der Waals surface area contributed by atoms with Crippen LogP contribution in [0.25, 0.3) is 33.5 Å². The lowest BCUT2D eigenvalue weighted by Gasteiger charge is -2.26. The Kier molecular flexibility index (Phi) is 9.21. The van der Waals surface area contributed by atoms with Crippen molar-refractivity contribution in [3.05, 3.63) is 246 Å². The molecule has 0 spiro atoms. The van der Waals surface area contributed by atoms with Gasteiger partial charge in [0.2, 0.25) is 7.98 Å². The molecule has 2 radical (unpaired) electrons. The van der Waals surface area contributed by atoms with Crippen LogP contribution in [-0.4, -0.2) is 18.2 Å². The molecule has 0 atom stereocenters. The van der Waals surface area contributed by atoms with E-state index in [4.69, 9.17) is 13.0 Å². The Balaban J connectivity index is 1.33. The highest BCUT2D eigenvalue weighted by Gasteiger charge is 2.28. The monoisotopic (exact) mass is 701 g/mol. The van der Waals surface area contributed by atoms with Gasteiger partial charge in [-0.15, -0.1) is 0 Å². The molecule has 0 saturated heterocycles. The highest BCUT2D eigenvalue weighted by molar-refractivity contribution is 6.21. The first kappa shape index (κ1) is 33.7. The molecule has 1 aromatic heterocycles. The summed E-state index contributed by atoms with van der Waals surface area (Å²) in [7, 11) is 7.35. The van der Waals surface area contributed by atoms with Gasteiger partial charge in [-0.2, -0.15) is 0 Å². The molecular weight excluding hydrogens is 665 g/mol. The molecule has 0 bridgehead atoms. The molecule has 3 nitrogen and oxygen atoms in total. The van der Waals surface area contributed by atoms with Crippen LogP contribution in [0.3, 0.4) is 0 Å². The minimum Gasteiger partial charge on any atom is -0.396 e. The molecule has 4 heteroatoms. The van der Waals surface area contributed by atoms with E-state index < -0.39 is 0 Å². The molecule has 8 aromatic rings. The van der Waals surface area contributed by atoms with Crippen molar-refractivity contribution in [3.8, 4) is 22.4 Å². The van der Waals surface area contributed by atoms with Crippen LogP contribution in [-0.2, 0) is 0 Å². The summed E-state index contributed by atoms with van der Waals surface area (Å²) in [6.45, 7) is 0. The summed E-state index contributed by atoms with van der Waals surface area (Å²) in [5, 5.41) is 0. The predicted molar refractivity (Wildman–Crippen MR) is 231 cm³/mol. The van der Waals surface area contributed by atoms with Gasteiger partial charge in [0.1, 0.15) is 0 Å². The Labute approximate surface area is 324 Å². The van der Waals surface area contributed by atoms with Crippen molar-refractivity contribution < 1.29 is 0 Å². The molecule has 55 heavy (non-hydrogen) atoms. The lowest BCUT2D eigenvalue weighted by Crippen LogP contribution is -2.10. The summed E-state index contributed by atoms with van der Waals surface area (Å²) in [6, 6.07) is 73.8. The normalized spacial score (nSPS) is 13.2. The molecule has 0 unspecified atom stereocenters. The third-order valence-electron chi connectivity index (χ3n) is 10.0. The molecule has 1 aliphatic heterocycles. The van der Waals surface area contributed by atoms with Crippen LogP contribution in [0.5, 0.6) is 0 Å².